The summed E-state index contributed by atoms with van der Waals surface area (Å²) in [5, 5.41) is 12.0. The Hall–Kier alpha value is -0.610. The molecule has 1 aliphatic heterocycles. The van der Waals surface area contributed by atoms with E-state index in [9.17, 15) is 4.79 Å². The topological polar surface area (TPSA) is 52.6 Å². The van der Waals surface area contributed by atoms with Gasteiger partial charge in [0.1, 0.15) is 0 Å². The van der Waals surface area contributed by atoms with E-state index in [1.54, 1.807) is 11.8 Å². The van der Waals surface area contributed by atoms with E-state index >= 15 is 0 Å². The Kier molecular flexibility index (Phi) is 2.84. The first-order valence-corrected chi connectivity index (χ1v) is 3.86. The molecule has 4 nitrogen and oxygen atoms in total. The second-order valence-corrected chi connectivity index (χ2v) is 2.87. The SMILES string of the molecule is C[C@H](O)CN1CCNCC1=O. The van der Waals surface area contributed by atoms with E-state index in [0.29, 0.717) is 19.6 Å². The van der Waals surface area contributed by atoms with Crippen LogP contribution in [-0.2, 0) is 4.79 Å². The second-order valence-electron chi connectivity index (χ2n) is 2.87. The highest BCUT2D eigenvalue weighted by molar-refractivity contribution is 5.78. The molecule has 1 atom stereocenters. The van der Waals surface area contributed by atoms with Crippen LogP contribution in [-0.4, -0.2) is 48.2 Å². The van der Waals surface area contributed by atoms with E-state index in [-0.39, 0.29) is 5.91 Å². The van der Waals surface area contributed by atoms with Crippen molar-refractivity contribution >= 4 is 5.91 Å². The first-order valence-electron chi connectivity index (χ1n) is 3.86. The summed E-state index contributed by atoms with van der Waals surface area (Å²) in [6.07, 6.45) is -0.419. The summed E-state index contributed by atoms with van der Waals surface area (Å²) in [6.45, 7) is 4.10. The molecule has 2 N–H and O–H groups in total. The Morgan fingerprint density at radius 3 is 3.09 bits per heavy atom. The lowest BCUT2D eigenvalue weighted by Gasteiger charge is -2.28. The number of β-amino-alcohol motifs (C(OH)–C–C–N with tert-alkyl or cyclic N) is 1. The van der Waals surface area contributed by atoms with Crippen molar-refractivity contribution in [1.82, 2.24) is 10.2 Å². The lowest BCUT2D eigenvalue weighted by molar-refractivity contribution is -0.133. The van der Waals surface area contributed by atoms with Crippen LogP contribution in [0.2, 0.25) is 0 Å². The molecule has 0 radical (unpaired) electrons. The third-order valence-electron chi connectivity index (χ3n) is 1.67. The van der Waals surface area contributed by atoms with Gasteiger partial charge in [-0.15, -0.1) is 0 Å². The smallest absolute Gasteiger partial charge is 0.236 e. The maximum atomic E-state index is 11.1. The van der Waals surface area contributed by atoms with Gasteiger partial charge in [-0.3, -0.25) is 4.79 Å². The number of rotatable bonds is 2. The van der Waals surface area contributed by atoms with E-state index in [1.807, 2.05) is 0 Å². The van der Waals surface area contributed by atoms with Gasteiger partial charge >= 0.3 is 0 Å². The second kappa shape index (κ2) is 3.69. The highest BCUT2D eigenvalue weighted by atomic mass is 16.3. The van der Waals surface area contributed by atoms with Gasteiger partial charge in [0.05, 0.1) is 12.6 Å². The van der Waals surface area contributed by atoms with Crippen molar-refractivity contribution in [1.29, 1.82) is 0 Å². The fraction of sp³-hybridized carbons (Fsp3) is 0.857. The Labute approximate surface area is 66.2 Å². The molecule has 0 aromatic heterocycles. The highest BCUT2D eigenvalue weighted by Crippen LogP contribution is 1.95. The van der Waals surface area contributed by atoms with Crippen LogP contribution in [0.4, 0.5) is 0 Å². The zero-order valence-corrected chi connectivity index (χ0v) is 6.71. The number of carbonyl (C=O) groups excluding carboxylic acids is 1. The van der Waals surface area contributed by atoms with Crippen LogP contribution in [0.1, 0.15) is 6.92 Å². The molecule has 11 heavy (non-hydrogen) atoms. The quantitative estimate of drug-likeness (QED) is 0.530. The lowest BCUT2D eigenvalue weighted by atomic mass is 10.3. The Bertz CT molecular complexity index is 147. The Balaban J connectivity index is 2.36. The summed E-state index contributed by atoms with van der Waals surface area (Å²) < 4.78 is 0. The molecule has 0 aliphatic carbocycles. The van der Waals surface area contributed by atoms with Gasteiger partial charge in [0, 0.05) is 19.6 Å². The van der Waals surface area contributed by atoms with Crippen molar-refractivity contribution in [2.24, 2.45) is 0 Å². The molecule has 64 valence electrons. The van der Waals surface area contributed by atoms with Gasteiger partial charge in [0.25, 0.3) is 0 Å². The standard InChI is InChI=1S/C7H14N2O2/c1-6(10)5-9-3-2-8-4-7(9)11/h6,8,10H,2-5H2,1H3/t6-/m0/s1. The zero-order valence-electron chi connectivity index (χ0n) is 6.71. The first kappa shape index (κ1) is 8.49. The molecular weight excluding hydrogens is 144 g/mol. The number of hydrogen-bond donors (Lipinski definition) is 2. The minimum Gasteiger partial charge on any atom is -0.392 e. The number of hydrogen-bond acceptors (Lipinski definition) is 3. The van der Waals surface area contributed by atoms with E-state index in [2.05, 4.69) is 5.32 Å². The van der Waals surface area contributed by atoms with Crippen LogP contribution in [0.15, 0.2) is 0 Å². The molecule has 0 unspecified atom stereocenters. The average molecular weight is 158 g/mol. The molecule has 0 aromatic rings. The molecule has 0 aromatic carbocycles. The van der Waals surface area contributed by atoms with Crippen LogP contribution in [0.3, 0.4) is 0 Å². The molecule has 4 heteroatoms. The third kappa shape index (κ3) is 2.48. The molecule has 1 amide bonds. The molecule has 0 saturated carbocycles. The lowest BCUT2D eigenvalue weighted by Crippen LogP contribution is -2.50. The fourth-order valence-corrected chi connectivity index (χ4v) is 1.16. The molecule has 1 fully saturated rings. The molecule has 1 rings (SSSR count). The highest BCUT2D eigenvalue weighted by Gasteiger charge is 2.18. The predicted octanol–water partition coefficient (Wildman–Crippen LogP) is -1.20. The summed E-state index contributed by atoms with van der Waals surface area (Å²) in [7, 11) is 0. The monoisotopic (exact) mass is 158 g/mol. The molecule has 1 heterocycles. The maximum absolute atomic E-state index is 11.1. The van der Waals surface area contributed by atoms with Crippen LogP contribution in [0, 0.1) is 0 Å². The molecule has 1 aliphatic rings. The van der Waals surface area contributed by atoms with E-state index in [1.165, 1.54) is 0 Å². The average Bonchev–Trinajstić information content (AvgIpc) is 1.93. The largest absolute Gasteiger partial charge is 0.392 e. The summed E-state index contributed by atoms with van der Waals surface area (Å²) >= 11 is 0. The summed E-state index contributed by atoms with van der Waals surface area (Å²) in [5.41, 5.74) is 0. The van der Waals surface area contributed by atoms with Gasteiger partial charge in [-0.25, -0.2) is 0 Å². The first-order chi connectivity index (χ1) is 5.20. The number of nitrogens with zero attached hydrogens (tertiary/aromatic N) is 1. The number of aliphatic hydroxyl groups excluding tert-OH is 1. The van der Waals surface area contributed by atoms with E-state index in [4.69, 9.17) is 5.11 Å². The van der Waals surface area contributed by atoms with Crippen molar-refractivity contribution in [2.45, 2.75) is 13.0 Å². The van der Waals surface area contributed by atoms with Crippen LogP contribution in [0.5, 0.6) is 0 Å². The summed E-state index contributed by atoms with van der Waals surface area (Å²) in [4.78, 5) is 12.8. The van der Waals surface area contributed by atoms with E-state index in [0.717, 1.165) is 6.54 Å². The van der Waals surface area contributed by atoms with Crippen molar-refractivity contribution < 1.29 is 9.90 Å². The molecule has 1 saturated heterocycles. The minimum atomic E-state index is -0.419. The van der Waals surface area contributed by atoms with Gasteiger partial charge in [0.2, 0.25) is 5.91 Å². The third-order valence-corrected chi connectivity index (χ3v) is 1.67. The van der Waals surface area contributed by atoms with Crippen molar-refractivity contribution in [3.05, 3.63) is 0 Å². The van der Waals surface area contributed by atoms with Crippen LogP contribution >= 0.6 is 0 Å². The number of carbonyl (C=O) groups is 1. The molecular formula is C7H14N2O2. The zero-order chi connectivity index (χ0) is 8.27. The van der Waals surface area contributed by atoms with Gasteiger partial charge < -0.3 is 15.3 Å². The van der Waals surface area contributed by atoms with E-state index < -0.39 is 6.10 Å². The van der Waals surface area contributed by atoms with Gasteiger partial charge in [-0.2, -0.15) is 0 Å². The molecule has 0 bridgehead atoms. The molecule has 0 spiro atoms. The van der Waals surface area contributed by atoms with Gasteiger partial charge in [-0.1, -0.05) is 0 Å². The minimum absolute atomic E-state index is 0.0807. The van der Waals surface area contributed by atoms with Crippen LogP contribution in [0.25, 0.3) is 0 Å². The Morgan fingerprint density at radius 1 is 1.82 bits per heavy atom. The Morgan fingerprint density at radius 2 is 2.55 bits per heavy atom. The van der Waals surface area contributed by atoms with Crippen molar-refractivity contribution in [3.63, 3.8) is 0 Å². The summed E-state index contributed by atoms with van der Waals surface area (Å²) in [6, 6.07) is 0. The predicted molar refractivity (Wildman–Crippen MR) is 41.1 cm³/mol. The number of aliphatic hydroxyl groups is 1. The number of piperazine rings is 1. The fourth-order valence-electron chi connectivity index (χ4n) is 1.16. The normalized spacial score (nSPS) is 22.0. The summed E-state index contributed by atoms with van der Waals surface area (Å²) in [5.74, 6) is 0.0807. The number of nitrogens with one attached hydrogen (secondary N) is 1. The van der Waals surface area contributed by atoms with Crippen LogP contribution < -0.4 is 5.32 Å². The maximum Gasteiger partial charge on any atom is 0.236 e. The number of amides is 1. The van der Waals surface area contributed by atoms with Gasteiger partial charge in [0.15, 0.2) is 0 Å². The van der Waals surface area contributed by atoms with Crippen molar-refractivity contribution in [2.75, 3.05) is 26.2 Å². The van der Waals surface area contributed by atoms with Crippen molar-refractivity contribution in [3.8, 4) is 0 Å². The van der Waals surface area contributed by atoms with Gasteiger partial charge in [-0.05, 0) is 6.92 Å².